The summed E-state index contributed by atoms with van der Waals surface area (Å²) < 4.78 is 44.7. The molecule has 35 heavy (non-hydrogen) atoms. The topological polar surface area (TPSA) is 94.2 Å². The first-order chi connectivity index (χ1) is 16.8. The highest BCUT2D eigenvalue weighted by molar-refractivity contribution is 7.92. The van der Waals surface area contributed by atoms with E-state index in [1.807, 2.05) is 13.0 Å². The quantitative estimate of drug-likeness (QED) is 0.458. The van der Waals surface area contributed by atoms with E-state index in [-0.39, 0.29) is 24.6 Å². The van der Waals surface area contributed by atoms with E-state index in [2.05, 4.69) is 5.32 Å². The summed E-state index contributed by atoms with van der Waals surface area (Å²) in [6.07, 6.45) is -1.04. The third-order valence-corrected chi connectivity index (χ3v) is 7.69. The van der Waals surface area contributed by atoms with Gasteiger partial charge in [0.05, 0.1) is 30.8 Å². The molecule has 0 aliphatic carbocycles. The minimum atomic E-state index is -3.96. The maximum Gasteiger partial charge on any atom is 0.264 e. The fraction of sp³-hybridized carbons (Fsp3) is 0.240. The second kappa shape index (κ2) is 10.5. The molecule has 1 atom stereocenters. The highest BCUT2D eigenvalue weighted by Crippen LogP contribution is 2.37. The lowest BCUT2D eigenvalue weighted by Crippen LogP contribution is -2.51. The van der Waals surface area contributed by atoms with E-state index in [1.54, 1.807) is 48.5 Å². The monoisotopic (exact) mass is 516 g/mol. The minimum absolute atomic E-state index is 0.0827. The Morgan fingerprint density at radius 1 is 1.11 bits per heavy atom. The molecule has 0 fully saturated rings. The molecule has 0 spiro atoms. The number of anilines is 1. The number of carbonyl (C=O) groups is 1. The van der Waals surface area contributed by atoms with Crippen LogP contribution in [0.3, 0.4) is 0 Å². The normalized spacial score (nSPS) is 15.1. The molecule has 0 unspecified atom stereocenters. The van der Waals surface area contributed by atoms with Crippen molar-refractivity contribution >= 4 is 33.2 Å². The van der Waals surface area contributed by atoms with E-state index >= 15 is 0 Å². The SMILES string of the molecule is COc1ccc(S(=O)(=O)N2C[C@@H](C(=O)NCCOc3ccc(C)c(Cl)c3)Oc3ccccc32)cc1. The molecule has 1 N–H and O–H groups in total. The maximum absolute atomic E-state index is 13.5. The van der Waals surface area contributed by atoms with Gasteiger partial charge in [-0.3, -0.25) is 9.10 Å². The minimum Gasteiger partial charge on any atom is -0.497 e. The van der Waals surface area contributed by atoms with Crippen LogP contribution in [0.1, 0.15) is 5.56 Å². The predicted octanol–water partition coefficient (Wildman–Crippen LogP) is 3.81. The lowest BCUT2D eigenvalue weighted by molar-refractivity contribution is -0.127. The van der Waals surface area contributed by atoms with E-state index in [0.717, 1.165) is 5.56 Å². The zero-order valence-electron chi connectivity index (χ0n) is 19.2. The summed E-state index contributed by atoms with van der Waals surface area (Å²) in [5.74, 6) is 0.995. The Bertz CT molecular complexity index is 1310. The molecule has 184 valence electrons. The van der Waals surface area contributed by atoms with Gasteiger partial charge in [-0.15, -0.1) is 0 Å². The molecule has 1 aliphatic rings. The van der Waals surface area contributed by atoms with Crippen molar-refractivity contribution in [2.75, 3.05) is 31.1 Å². The maximum atomic E-state index is 13.5. The number of nitrogens with zero attached hydrogens (tertiary/aromatic N) is 1. The molecule has 0 radical (unpaired) electrons. The van der Waals surface area contributed by atoms with Crippen molar-refractivity contribution in [1.82, 2.24) is 5.32 Å². The van der Waals surface area contributed by atoms with E-state index in [1.165, 1.54) is 23.5 Å². The summed E-state index contributed by atoms with van der Waals surface area (Å²) >= 11 is 6.10. The molecular weight excluding hydrogens is 492 g/mol. The molecule has 1 amide bonds. The second-order valence-electron chi connectivity index (χ2n) is 7.84. The molecule has 10 heteroatoms. The van der Waals surface area contributed by atoms with Gasteiger partial charge in [-0.2, -0.15) is 0 Å². The Hall–Kier alpha value is -3.43. The summed E-state index contributed by atoms with van der Waals surface area (Å²) in [6.45, 7) is 2.14. The highest BCUT2D eigenvalue weighted by Gasteiger charge is 2.37. The summed E-state index contributed by atoms with van der Waals surface area (Å²) in [4.78, 5) is 12.9. The van der Waals surface area contributed by atoms with Crippen LogP contribution in [0, 0.1) is 6.92 Å². The van der Waals surface area contributed by atoms with Crippen LogP contribution in [-0.4, -0.2) is 47.2 Å². The number of rotatable bonds is 8. The number of methoxy groups -OCH3 is 1. The average molecular weight is 517 g/mol. The fourth-order valence-electron chi connectivity index (χ4n) is 3.56. The number of hydrogen-bond acceptors (Lipinski definition) is 6. The molecule has 3 aromatic rings. The third kappa shape index (κ3) is 5.47. The largest absolute Gasteiger partial charge is 0.497 e. The summed E-state index contributed by atoms with van der Waals surface area (Å²) in [5.41, 5.74) is 1.31. The molecule has 0 saturated carbocycles. The van der Waals surface area contributed by atoms with Crippen molar-refractivity contribution in [1.29, 1.82) is 0 Å². The van der Waals surface area contributed by atoms with Gasteiger partial charge < -0.3 is 19.5 Å². The van der Waals surface area contributed by atoms with Gasteiger partial charge >= 0.3 is 0 Å². The molecule has 0 saturated heterocycles. The number of halogens is 1. The Kier molecular flexibility index (Phi) is 7.37. The van der Waals surface area contributed by atoms with Crippen LogP contribution in [0.2, 0.25) is 5.02 Å². The molecule has 0 aromatic heterocycles. The van der Waals surface area contributed by atoms with Crippen LogP contribution in [0.15, 0.2) is 71.6 Å². The van der Waals surface area contributed by atoms with Crippen LogP contribution in [0.4, 0.5) is 5.69 Å². The lowest BCUT2D eigenvalue weighted by atomic mass is 10.2. The molecule has 1 heterocycles. The van der Waals surface area contributed by atoms with Gasteiger partial charge in [-0.25, -0.2) is 8.42 Å². The zero-order chi connectivity index (χ0) is 25.0. The van der Waals surface area contributed by atoms with Crippen LogP contribution in [0.25, 0.3) is 0 Å². The number of ether oxygens (including phenoxy) is 3. The first kappa shape index (κ1) is 24.7. The van der Waals surface area contributed by atoms with Gasteiger partial charge in [-0.05, 0) is 61.0 Å². The lowest BCUT2D eigenvalue weighted by Gasteiger charge is -2.34. The molecule has 0 bridgehead atoms. The van der Waals surface area contributed by atoms with Crippen molar-refractivity contribution in [2.24, 2.45) is 0 Å². The van der Waals surface area contributed by atoms with Crippen LogP contribution < -0.4 is 23.8 Å². The van der Waals surface area contributed by atoms with Gasteiger partial charge in [0.2, 0.25) is 0 Å². The van der Waals surface area contributed by atoms with Crippen molar-refractivity contribution in [3.63, 3.8) is 0 Å². The summed E-state index contributed by atoms with van der Waals surface area (Å²) in [5, 5.41) is 3.34. The van der Waals surface area contributed by atoms with Gasteiger partial charge in [0.1, 0.15) is 23.9 Å². The van der Waals surface area contributed by atoms with Gasteiger partial charge in [0, 0.05) is 5.02 Å². The average Bonchev–Trinajstić information content (AvgIpc) is 2.87. The van der Waals surface area contributed by atoms with E-state index in [9.17, 15) is 13.2 Å². The number of para-hydroxylation sites is 2. The van der Waals surface area contributed by atoms with Crippen LogP contribution in [0.5, 0.6) is 17.2 Å². The Morgan fingerprint density at radius 2 is 1.83 bits per heavy atom. The van der Waals surface area contributed by atoms with E-state index in [4.69, 9.17) is 25.8 Å². The number of nitrogens with one attached hydrogen (secondary N) is 1. The number of sulfonamides is 1. The zero-order valence-corrected chi connectivity index (χ0v) is 20.8. The first-order valence-corrected chi connectivity index (χ1v) is 12.7. The standard InChI is InChI=1S/C25H25ClN2O6S/c1-17-7-8-19(15-21(17)26)33-14-13-27-25(29)24-16-28(22-5-3-4-6-23(22)34-24)35(30,31)20-11-9-18(32-2)10-12-20/h3-12,15,24H,13-14,16H2,1-2H3,(H,27,29)/t24-/m0/s1. The molecule has 4 rings (SSSR count). The van der Waals surface area contributed by atoms with Crippen molar-refractivity contribution in [3.8, 4) is 17.2 Å². The van der Waals surface area contributed by atoms with Crippen LogP contribution in [-0.2, 0) is 14.8 Å². The number of amides is 1. The number of fused-ring (bicyclic) bond motifs is 1. The number of aryl methyl sites for hydroxylation is 1. The molecule has 1 aliphatic heterocycles. The predicted molar refractivity (Wildman–Crippen MR) is 133 cm³/mol. The molecule has 3 aromatic carbocycles. The highest BCUT2D eigenvalue weighted by atomic mass is 35.5. The van der Waals surface area contributed by atoms with E-state index in [0.29, 0.717) is 28.0 Å². The van der Waals surface area contributed by atoms with Crippen LogP contribution >= 0.6 is 11.6 Å². The number of hydrogen-bond donors (Lipinski definition) is 1. The van der Waals surface area contributed by atoms with Crippen molar-refractivity contribution < 1.29 is 27.4 Å². The number of benzene rings is 3. The fourth-order valence-corrected chi connectivity index (χ4v) is 5.21. The summed E-state index contributed by atoms with van der Waals surface area (Å²) in [7, 11) is -2.45. The van der Waals surface area contributed by atoms with Gasteiger partial charge in [0.25, 0.3) is 15.9 Å². The van der Waals surface area contributed by atoms with E-state index < -0.39 is 22.0 Å². The smallest absolute Gasteiger partial charge is 0.264 e. The van der Waals surface area contributed by atoms with Gasteiger partial charge in [-0.1, -0.05) is 29.8 Å². The Balaban J connectivity index is 1.45. The Morgan fingerprint density at radius 3 is 2.54 bits per heavy atom. The number of carbonyl (C=O) groups excluding carboxylic acids is 1. The third-order valence-electron chi connectivity index (χ3n) is 5.49. The molecular formula is C25H25ClN2O6S. The first-order valence-electron chi connectivity index (χ1n) is 10.9. The van der Waals surface area contributed by atoms with Crippen molar-refractivity contribution in [2.45, 2.75) is 17.9 Å². The summed E-state index contributed by atoms with van der Waals surface area (Å²) in [6, 6.07) is 18.2. The molecule has 8 nitrogen and oxygen atoms in total. The second-order valence-corrected chi connectivity index (χ2v) is 10.1. The van der Waals surface area contributed by atoms with Crippen molar-refractivity contribution in [3.05, 3.63) is 77.3 Å². The van der Waals surface area contributed by atoms with Gasteiger partial charge in [0.15, 0.2) is 6.10 Å². The Labute approximate surface area is 209 Å².